The van der Waals surface area contributed by atoms with E-state index in [1.54, 1.807) is 0 Å². The van der Waals surface area contributed by atoms with Gasteiger partial charge in [-0.3, -0.25) is 10.1 Å². The Morgan fingerprint density at radius 3 is 2.67 bits per heavy atom. The smallest absolute Gasteiger partial charge is 0.258 e. The lowest BCUT2D eigenvalue weighted by Crippen LogP contribution is -1.95. The largest absolute Gasteiger partial charge is 0.276 e. The van der Waals surface area contributed by atoms with Gasteiger partial charge in [-0.1, -0.05) is 6.07 Å². The molecule has 0 aromatic heterocycles. The molecule has 0 spiro atoms. The van der Waals surface area contributed by atoms with E-state index in [1.807, 2.05) is 0 Å². The molecule has 5 heteroatoms. The highest BCUT2D eigenvalue weighted by molar-refractivity contribution is 7.79. The van der Waals surface area contributed by atoms with Gasteiger partial charge in [-0.25, -0.2) is 4.39 Å². The van der Waals surface area contributed by atoms with Gasteiger partial charge in [0.2, 0.25) is 0 Å². The molecule has 0 fully saturated rings. The van der Waals surface area contributed by atoms with Crippen molar-refractivity contribution >= 4 is 18.3 Å². The summed E-state index contributed by atoms with van der Waals surface area (Å²) in [7, 11) is 0. The van der Waals surface area contributed by atoms with Crippen molar-refractivity contribution in [3.8, 4) is 0 Å². The zero-order valence-electron chi connectivity index (χ0n) is 6.03. The fourth-order valence-corrected chi connectivity index (χ4v) is 1.19. The van der Waals surface area contributed by atoms with E-state index >= 15 is 0 Å². The van der Waals surface area contributed by atoms with Crippen molar-refractivity contribution in [1.82, 2.24) is 0 Å². The Balaban J connectivity index is 3.27. The summed E-state index contributed by atoms with van der Waals surface area (Å²) in [5, 5.41) is 10.3. The van der Waals surface area contributed by atoms with E-state index in [-0.39, 0.29) is 17.0 Å². The average molecular weight is 187 g/mol. The van der Waals surface area contributed by atoms with Crippen molar-refractivity contribution in [3.05, 3.63) is 39.7 Å². The number of benzene rings is 1. The molecule has 0 radical (unpaired) electrons. The standard InChI is InChI=1S/C7H6FNO2S/c8-6-2-1-3-7(9(10)11)5(6)4-12/h1-3,12H,4H2. The van der Waals surface area contributed by atoms with Crippen LogP contribution in [0, 0.1) is 15.9 Å². The van der Waals surface area contributed by atoms with Gasteiger partial charge in [0, 0.05) is 11.8 Å². The summed E-state index contributed by atoms with van der Waals surface area (Å²) in [5.41, 5.74) is -0.184. The molecular weight excluding hydrogens is 181 g/mol. The number of halogens is 1. The Hall–Kier alpha value is -1.10. The van der Waals surface area contributed by atoms with Gasteiger partial charge in [0.25, 0.3) is 5.69 Å². The number of hydrogen-bond acceptors (Lipinski definition) is 3. The molecule has 1 aromatic rings. The summed E-state index contributed by atoms with van der Waals surface area (Å²) in [5.74, 6) is -0.553. The van der Waals surface area contributed by atoms with Crippen molar-refractivity contribution in [2.24, 2.45) is 0 Å². The third-order valence-electron chi connectivity index (χ3n) is 1.45. The second-order valence-corrected chi connectivity index (χ2v) is 2.47. The maximum atomic E-state index is 12.9. The zero-order valence-corrected chi connectivity index (χ0v) is 6.92. The second-order valence-electron chi connectivity index (χ2n) is 2.15. The summed E-state index contributed by atoms with van der Waals surface area (Å²) in [6, 6.07) is 3.74. The van der Waals surface area contributed by atoms with Gasteiger partial charge in [0.15, 0.2) is 0 Å². The van der Waals surface area contributed by atoms with Gasteiger partial charge in [0.05, 0.1) is 10.5 Å². The molecule has 0 aliphatic rings. The lowest BCUT2D eigenvalue weighted by Gasteiger charge is -1.99. The molecule has 0 saturated heterocycles. The molecule has 0 atom stereocenters. The number of thiol groups is 1. The highest BCUT2D eigenvalue weighted by Gasteiger charge is 2.15. The van der Waals surface area contributed by atoms with Crippen LogP contribution < -0.4 is 0 Å². The first-order chi connectivity index (χ1) is 5.66. The monoisotopic (exact) mass is 187 g/mol. The van der Waals surface area contributed by atoms with Crippen molar-refractivity contribution < 1.29 is 9.31 Å². The summed E-state index contributed by atoms with van der Waals surface area (Å²) in [6.07, 6.45) is 0. The molecule has 0 saturated carbocycles. The Morgan fingerprint density at radius 1 is 1.58 bits per heavy atom. The zero-order chi connectivity index (χ0) is 9.14. The topological polar surface area (TPSA) is 43.1 Å². The molecule has 1 aromatic carbocycles. The van der Waals surface area contributed by atoms with Crippen LogP contribution in [0.1, 0.15) is 5.56 Å². The third-order valence-corrected chi connectivity index (χ3v) is 1.77. The van der Waals surface area contributed by atoms with E-state index in [1.165, 1.54) is 18.2 Å². The van der Waals surface area contributed by atoms with Gasteiger partial charge in [0.1, 0.15) is 5.82 Å². The number of nitro groups is 1. The van der Waals surface area contributed by atoms with Gasteiger partial charge in [-0.2, -0.15) is 12.6 Å². The lowest BCUT2D eigenvalue weighted by molar-refractivity contribution is -0.385. The van der Waals surface area contributed by atoms with Gasteiger partial charge in [-0.05, 0) is 6.07 Å². The second kappa shape index (κ2) is 3.53. The first-order valence-corrected chi connectivity index (χ1v) is 3.82. The molecule has 1 rings (SSSR count). The molecule has 0 unspecified atom stereocenters. The molecule has 0 amide bonds. The summed E-state index contributed by atoms with van der Waals surface area (Å²) < 4.78 is 12.9. The summed E-state index contributed by atoms with van der Waals surface area (Å²) in [6.45, 7) is 0. The Labute approximate surface area is 73.8 Å². The Morgan fingerprint density at radius 2 is 2.25 bits per heavy atom. The Kier molecular flexibility index (Phi) is 2.65. The van der Waals surface area contributed by atoms with E-state index in [0.717, 1.165) is 0 Å². The van der Waals surface area contributed by atoms with Crippen LogP contribution in [0.15, 0.2) is 18.2 Å². The fourth-order valence-electron chi connectivity index (χ4n) is 0.875. The summed E-state index contributed by atoms with van der Waals surface area (Å²) in [4.78, 5) is 9.72. The molecule has 12 heavy (non-hydrogen) atoms. The van der Waals surface area contributed by atoms with Crippen LogP contribution in [-0.4, -0.2) is 4.92 Å². The molecule has 64 valence electrons. The third kappa shape index (κ3) is 1.55. The molecule has 0 aliphatic heterocycles. The van der Waals surface area contributed by atoms with E-state index < -0.39 is 10.7 Å². The first kappa shape index (κ1) is 8.99. The highest BCUT2D eigenvalue weighted by atomic mass is 32.1. The SMILES string of the molecule is O=[N+]([O-])c1cccc(F)c1CS. The highest BCUT2D eigenvalue weighted by Crippen LogP contribution is 2.22. The minimum atomic E-state index is -0.616. The molecule has 0 N–H and O–H groups in total. The molecule has 0 bridgehead atoms. The van der Waals surface area contributed by atoms with E-state index in [0.29, 0.717) is 0 Å². The molecular formula is C7H6FNO2S. The molecule has 0 heterocycles. The van der Waals surface area contributed by atoms with Crippen LogP contribution in [0.3, 0.4) is 0 Å². The minimum absolute atomic E-state index is 0.0307. The van der Waals surface area contributed by atoms with E-state index in [4.69, 9.17) is 0 Å². The predicted molar refractivity (Wildman–Crippen MR) is 45.7 cm³/mol. The van der Waals surface area contributed by atoms with E-state index in [9.17, 15) is 14.5 Å². The summed E-state index contributed by atoms with van der Waals surface area (Å²) >= 11 is 3.80. The van der Waals surface area contributed by atoms with E-state index in [2.05, 4.69) is 12.6 Å². The van der Waals surface area contributed by atoms with Crippen LogP contribution in [-0.2, 0) is 5.75 Å². The number of hydrogen-bond donors (Lipinski definition) is 1. The van der Waals surface area contributed by atoms with Crippen LogP contribution >= 0.6 is 12.6 Å². The number of rotatable bonds is 2. The number of nitrogens with zero attached hydrogens (tertiary/aromatic N) is 1. The first-order valence-electron chi connectivity index (χ1n) is 3.19. The van der Waals surface area contributed by atoms with Gasteiger partial charge in [-0.15, -0.1) is 0 Å². The van der Waals surface area contributed by atoms with Crippen molar-refractivity contribution in [2.75, 3.05) is 0 Å². The quantitative estimate of drug-likeness (QED) is 0.438. The van der Waals surface area contributed by atoms with Crippen LogP contribution in [0.5, 0.6) is 0 Å². The van der Waals surface area contributed by atoms with Crippen LogP contribution in [0.25, 0.3) is 0 Å². The Bertz CT molecular complexity index is 316. The lowest BCUT2D eigenvalue weighted by atomic mass is 10.2. The van der Waals surface area contributed by atoms with Crippen molar-refractivity contribution in [1.29, 1.82) is 0 Å². The van der Waals surface area contributed by atoms with Crippen molar-refractivity contribution in [3.63, 3.8) is 0 Å². The minimum Gasteiger partial charge on any atom is -0.258 e. The molecule has 3 nitrogen and oxygen atoms in total. The van der Waals surface area contributed by atoms with Gasteiger partial charge >= 0.3 is 0 Å². The fraction of sp³-hybridized carbons (Fsp3) is 0.143. The maximum Gasteiger partial charge on any atom is 0.276 e. The number of nitro benzene ring substituents is 1. The average Bonchev–Trinajstić information content (AvgIpc) is 2.03. The molecule has 0 aliphatic carbocycles. The normalized spacial score (nSPS) is 9.83. The van der Waals surface area contributed by atoms with Crippen molar-refractivity contribution in [2.45, 2.75) is 5.75 Å². The predicted octanol–water partition coefficient (Wildman–Crippen LogP) is 2.16. The van der Waals surface area contributed by atoms with Gasteiger partial charge < -0.3 is 0 Å². The van der Waals surface area contributed by atoms with Crippen LogP contribution in [0.4, 0.5) is 10.1 Å². The maximum absolute atomic E-state index is 12.9. The van der Waals surface area contributed by atoms with Crippen LogP contribution in [0.2, 0.25) is 0 Å².